The van der Waals surface area contributed by atoms with Crippen LogP contribution in [0.4, 0.5) is 0 Å². The molecule has 0 spiro atoms. The van der Waals surface area contributed by atoms with Crippen molar-refractivity contribution in [3.63, 3.8) is 0 Å². The number of aliphatic hydroxyl groups is 1. The van der Waals surface area contributed by atoms with Crippen LogP contribution in [0, 0.1) is 0 Å². The van der Waals surface area contributed by atoms with Gasteiger partial charge in [0.2, 0.25) is 0 Å². The van der Waals surface area contributed by atoms with Gasteiger partial charge in [-0.05, 0) is 25.7 Å². The van der Waals surface area contributed by atoms with E-state index in [-0.39, 0.29) is 6.10 Å². The average molecular weight is 393 g/mol. The van der Waals surface area contributed by atoms with E-state index in [0.29, 0.717) is 12.8 Å². The lowest BCUT2D eigenvalue weighted by Gasteiger charge is -2.13. The van der Waals surface area contributed by atoms with Gasteiger partial charge in [-0.15, -0.1) is 0 Å². The van der Waals surface area contributed by atoms with Gasteiger partial charge in [0.15, 0.2) is 0 Å². The maximum Gasteiger partial charge on any atom is 0.267 e. The molecular weight excluding hydrogens is 348 g/mol. The van der Waals surface area contributed by atoms with Crippen molar-refractivity contribution in [3.8, 4) is 0 Å². The Morgan fingerprint density at radius 3 is 1.38 bits per heavy atom. The van der Waals surface area contributed by atoms with Crippen LogP contribution in [0.15, 0.2) is 0 Å². The summed E-state index contributed by atoms with van der Waals surface area (Å²) < 4.78 is 32.2. The summed E-state index contributed by atoms with van der Waals surface area (Å²) in [6.07, 6.45) is 17.2. The second kappa shape index (κ2) is 17.0. The van der Waals surface area contributed by atoms with Gasteiger partial charge in [-0.1, -0.05) is 97.3 Å². The Morgan fingerprint density at radius 1 is 0.615 bits per heavy atom. The molecule has 0 aromatic carbocycles. The van der Waals surface area contributed by atoms with E-state index in [9.17, 15) is 18.1 Å². The van der Waals surface area contributed by atoms with Gasteiger partial charge in [0.25, 0.3) is 10.1 Å². The molecule has 5 heteroatoms. The van der Waals surface area contributed by atoms with Gasteiger partial charge in [-0.3, -0.25) is 4.55 Å². The highest BCUT2D eigenvalue weighted by Crippen LogP contribution is 2.19. The summed E-state index contributed by atoms with van der Waals surface area (Å²) in [6, 6.07) is 0. The molecule has 2 atom stereocenters. The predicted molar refractivity (Wildman–Crippen MR) is 111 cm³/mol. The highest BCUT2D eigenvalue weighted by molar-refractivity contribution is 7.86. The molecule has 2 N–H and O–H groups in total. The fourth-order valence-electron chi connectivity index (χ4n) is 3.47. The Balaban J connectivity index is 3.58. The summed E-state index contributed by atoms with van der Waals surface area (Å²) >= 11 is 0. The summed E-state index contributed by atoms with van der Waals surface area (Å²) in [5, 5.41) is 9.31. The molecule has 0 aromatic rings. The Morgan fingerprint density at radius 2 is 0.962 bits per heavy atom. The second-order valence-corrected chi connectivity index (χ2v) is 9.53. The summed E-state index contributed by atoms with van der Waals surface area (Å²) in [5.74, 6) is 0. The molecule has 0 aliphatic carbocycles. The van der Waals surface area contributed by atoms with E-state index in [0.717, 1.165) is 64.2 Å². The smallest absolute Gasteiger partial charge is 0.267 e. The first-order valence-corrected chi connectivity index (χ1v) is 12.6. The minimum atomic E-state index is -3.89. The lowest BCUT2D eigenvalue weighted by atomic mass is 10.0. The van der Waals surface area contributed by atoms with Gasteiger partial charge in [-0.2, -0.15) is 8.42 Å². The number of aliphatic hydroxyl groups excluding tert-OH is 1. The second-order valence-electron chi connectivity index (χ2n) is 7.83. The van der Waals surface area contributed by atoms with E-state index in [4.69, 9.17) is 0 Å². The third kappa shape index (κ3) is 16.1. The quantitative estimate of drug-likeness (QED) is 0.200. The molecule has 2 unspecified atom stereocenters. The summed E-state index contributed by atoms with van der Waals surface area (Å²) in [6.45, 7) is 4.28. The van der Waals surface area contributed by atoms with Crippen molar-refractivity contribution in [2.75, 3.05) is 0 Å². The fourth-order valence-corrected chi connectivity index (χ4v) is 4.40. The molecule has 0 aromatic heterocycles. The normalized spacial score (nSPS) is 14.5. The molecule has 4 nitrogen and oxygen atoms in total. The SMILES string of the molecule is CCCCCC(O)CCCCCCCCCC(CCCCC)S(=O)(=O)O. The van der Waals surface area contributed by atoms with Crippen molar-refractivity contribution in [1.82, 2.24) is 0 Å². The summed E-state index contributed by atoms with van der Waals surface area (Å²) in [5.41, 5.74) is 0. The molecule has 0 aliphatic rings. The van der Waals surface area contributed by atoms with Crippen molar-refractivity contribution < 1.29 is 18.1 Å². The molecule has 0 saturated carbocycles. The first-order chi connectivity index (χ1) is 12.4. The third-order valence-electron chi connectivity index (χ3n) is 5.26. The summed E-state index contributed by atoms with van der Waals surface area (Å²) in [7, 11) is -3.89. The van der Waals surface area contributed by atoms with E-state index < -0.39 is 15.4 Å². The molecule has 158 valence electrons. The predicted octanol–water partition coefficient (Wildman–Crippen LogP) is 6.28. The third-order valence-corrected chi connectivity index (χ3v) is 6.57. The topological polar surface area (TPSA) is 74.6 Å². The molecule has 0 rings (SSSR count). The minimum absolute atomic E-state index is 0.119. The maximum absolute atomic E-state index is 11.4. The van der Waals surface area contributed by atoms with E-state index in [2.05, 4.69) is 13.8 Å². The highest BCUT2D eigenvalue weighted by Gasteiger charge is 2.21. The molecule has 0 heterocycles. The van der Waals surface area contributed by atoms with Gasteiger partial charge in [0.05, 0.1) is 11.4 Å². The Kier molecular flexibility index (Phi) is 16.9. The Labute approximate surface area is 162 Å². The molecule has 0 aliphatic heterocycles. The Bertz CT molecular complexity index is 395. The van der Waals surface area contributed by atoms with Crippen LogP contribution < -0.4 is 0 Å². The summed E-state index contributed by atoms with van der Waals surface area (Å²) in [4.78, 5) is 0. The molecule has 26 heavy (non-hydrogen) atoms. The van der Waals surface area contributed by atoms with Crippen LogP contribution in [0.1, 0.15) is 123 Å². The molecule has 0 saturated heterocycles. The standard InChI is InChI=1S/C21H44O4S/c1-3-5-12-16-20(22)17-14-10-8-7-9-11-15-19-21(26(23,24)25)18-13-6-4-2/h20-22H,3-19H2,1-2H3,(H,23,24,25). The van der Waals surface area contributed by atoms with Crippen LogP contribution in [-0.2, 0) is 10.1 Å². The molecule has 0 bridgehead atoms. The number of hydrogen-bond acceptors (Lipinski definition) is 3. The molecule has 0 radical (unpaired) electrons. The van der Waals surface area contributed by atoms with Crippen molar-refractivity contribution >= 4 is 10.1 Å². The van der Waals surface area contributed by atoms with E-state index >= 15 is 0 Å². The lowest BCUT2D eigenvalue weighted by molar-refractivity contribution is 0.147. The zero-order chi connectivity index (χ0) is 19.7. The molecule has 0 amide bonds. The van der Waals surface area contributed by atoms with Crippen molar-refractivity contribution in [2.24, 2.45) is 0 Å². The first kappa shape index (κ1) is 25.9. The van der Waals surface area contributed by atoms with Crippen molar-refractivity contribution in [3.05, 3.63) is 0 Å². The van der Waals surface area contributed by atoms with Gasteiger partial charge < -0.3 is 5.11 Å². The molecule has 0 fully saturated rings. The van der Waals surface area contributed by atoms with Gasteiger partial charge in [0, 0.05) is 0 Å². The van der Waals surface area contributed by atoms with Crippen molar-refractivity contribution in [2.45, 2.75) is 134 Å². The van der Waals surface area contributed by atoms with Crippen LogP contribution in [0.2, 0.25) is 0 Å². The number of unbranched alkanes of at least 4 members (excludes halogenated alkanes) is 10. The maximum atomic E-state index is 11.4. The zero-order valence-corrected chi connectivity index (χ0v) is 18.1. The van der Waals surface area contributed by atoms with E-state index in [1.165, 1.54) is 32.1 Å². The monoisotopic (exact) mass is 392 g/mol. The highest BCUT2D eigenvalue weighted by atomic mass is 32.2. The van der Waals surface area contributed by atoms with Crippen LogP contribution in [0.25, 0.3) is 0 Å². The first-order valence-electron chi connectivity index (χ1n) is 11.1. The van der Waals surface area contributed by atoms with Gasteiger partial charge in [-0.25, -0.2) is 0 Å². The van der Waals surface area contributed by atoms with Gasteiger partial charge in [0.1, 0.15) is 0 Å². The largest absolute Gasteiger partial charge is 0.393 e. The van der Waals surface area contributed by atoms with Gasteiger partial charge >= 0.3 is 0 Å². The zero-order valence-electron chi connectivity index (χ0n) is 17.3. The fraction of sp³-hybridized carbons (Fsp3) is 1.00. The number of rotatable bonds is 19. The van der Waals surface area contributed by atoms with Crippen LogP contribution in [-0.4, -0.2) is 29.4 Å². The molecular formula is C21H44O4S. The van der Waals surface area contributed by atoms with E-state index in [1.54, 1.807) is 0 Å². The average Bonchev–Trinajstić information content (AvgIpc) is 2.58. The number of hydrogen-bond donors (Lipinski definition) is 2. The van der Waals surface area contributed by atoms with Crippen LogP contribution >= 0.6 is 0 Å². The van der Waals surface area contributed by atoms with E-state index in [1.807, 2.05) is 0 Å². The van der Waals surface area contributed by atoms with Crippen LogP contribution in [0.5, 0.6) is 0 Å². The van der Waals surface area contributed by atoms with Crippen molar-refractivity contribution in [1.29, 1.82) is 0 Å². The Hall–Kier alpha value is -0.130. The van der Waals surface area contributed by atoms with Crippen LogP contribution in [0.3, 0.4) is 0 Å². The minimum Gasteiger partial charge on any atom is -0.393 e. The lowest BCUT2D eigenvalue weighted by Crippen LogP contribution is -2.20.